The van der Waals surface area contributed by atoms with Crippen molar-refractivity contribution in [2.45, 2.75) is 25.4 Å². The Morgan fingerprint density at radius 3 is 2.57 bits per heavy atom. The lowest BCUT2D eigenvalue weighted by atomic mass is 9.99. The van der Waals surface area contributed by atoms with Gasteiger partial charge in [0, 0.05) is 29.7 Å². The number of aromatic amines is 1. The topological polar surface area (TPSA) is 100 Å². The van der Waals surface area contributed by atoms with Crippen molar-refractivity contribution in [3.05, 3.63) is 89.6 Å². The summed E-state index contributed by atoms with van der Waals surface area (Å²) in [6, 6.07) is 17.9. The van der Waals surface area contributed by atoms with Crippen molar-refractivity contribution >= 4 is 16.8 Å². The molecule has 0 bridgehead atoms. The van der Waals surface area contributed by atoms with Gasteiger partial charge in [-0.2, -0.15) is 0 Å². The number of fused-ring (bicyclic) bond motifs is 1. The number of nitrogens with one attached hydrogen (secondary N) is 2. The molecule has 0 aliphatic heterocycles. The number of alkyl halides is 3. The van der Waals surface area contributed by atoms with E-state index in [1.54, 1.807) is 24.3 Å². The molecule has 1 atom stereocenters. The maximum Gasteiger partial charge on any atom is 0.573 e. The number of aromatic nitrogens is 1. The Morgan fingerprint density at radius 2 is 1.83 bits per heavy atom. The number of carbonyl (C=O) groups is 1. The van der Waals surface area contributed by atoms with Gasteiger partial charge in [0.05, 0.1) is 12.2 Å². The molecule has 0 fully saturated rings. The van der Waals surface area contributed by atoms with E-state index < -0.39 is 24.1 Å². The van der Waals surface area contributed by atoms with Crippen molar-refractivity contribution in [2.75, 3.05) is 6.54 Å². The molecular weight excluding hydrogens is 459 g/mol. The summed E-state index contributed by atoms with van der Waals surface area (Å²) in [5, 5.41) is 13.1. The minimum absolute atomic E-state index is 0.0823. The third-order valence-corrected chi connectivity index (χ3v) is 5.65. The van der Waals surface area contributed by atoms with Crippen LogP contribution in [0.1, 0.15) is 21.5 Å². The van der Waals surface area contributed by atoms with Crippen molar-refractivity contribution in [2.24, 2.45) is 5.73 Å². The third-order valence-electron chi connectivity index (χ3n) is 5.65. The normalized spacial score (nSPS) is 12.5. The van der Waals surface area contributed by atoms with Crippen LogP contribution in [0.3, 0.4) is 0 Å². The van der Waals surface area contributed by atoms with Crippen molar-refractivity contribution in [3.8, 4) is 16.9 Å². The van der Waals surface area contributed by atoms with Gasteiger partial charge in [0.15, 0.2) is 0 Å². The van der Waals surface area contributed by atoms with Crippen LogP contribution in [0, 0.1) is 0 Å². The average molecular weight is 483 g/mol. The van der Waals surface area contributed by atoms with Crippen LogP contribution < -0.4 is 15.8 Å². The Kier molecular flexibility index (Phi) is 7.09. The van der Waals surface area contributed by atoms with Crippen LogP contribution >= 0.6 is 0 Å². The molecule has 5 N–H and O–H groups in total. The molecule has 0 saturated carbocycles. The zero-order chi connectivity index (χ0) is 25.0. The van der Waals surface area contributed by atoms with Crippen LogP contribution in [0.5, 0.6) is 5.75 Å². The second-order valence-corrected chi connectivity index (χ2v) is 8.09. The van der Waals surface area contributed by atoms with Gasteiger partial charge in [-0.15, -0.1) is 13.2 Å². The molecule has 0 aliphatic carbocycles. The Morgan fingerprint density at radius 1 is 1.06 bits per heavy atom. The maximum absolute atomic E-state index is 13.2. The summed E-state index contributed by atoms with van der Waals surface area (Å²) >= 11 is 0. The summed E-state index contributed by atoms with van der Waals surface area (Å²) in [5.74, 6) is -1.35. The number of aliphatic hydroxyl groups excluding tert-OH is 1. The molecular formula is C26H24F3N3O3. The number of hydrogen-bond acceptors (Lipinski definition) is 4. The van der Waals surface area contributed by atoms with Gasteiger partial charge in [-0.1, -0.05) is 42.5 Å². The van der Waals surface area contributed by atoms with E-state index in [4.69, 9.17) is 5.73 Å². The number of carbonyl (C=O) groups excluding carboxylic acids is 1. The first-order valence-corrected chi connectivity index (χ1v) is 10.9. The number of amides is 1. The van der Waals surface area contributed by atoms with Gasteiger partial charge in [0.25, 0.3) is 5.91 Å². The van der Waals surface area contributed by atoms with Gasteiger partial charge < -0.3 is 25.9 Å². The van der Waals surface area contributed by atoms with Gasteiger partial charge >= 0.3 is 6.36 Å². The molecule has 4 rings (SSSR count). The molecule has 0 spiro atoms. The van der Waals surface area contributed by atoms with Gasteiger partial charge in [-0.25, -0.2) is 0 Å². The minimum Gasteiger partial charge on any atom is -0.405 e. The van der Waals surface area contributed by atoms with E-state index >= 15 is 0 Å². The van der Waals surface area contributed by atoms with Gasteiger partial charge in [0.1, 0.15) is 5.75 Å². The van der Waals surface area contributed by atoms with Crippen LogP contribution in [0.4, 0.5) is 13.2 Å². The monoisotopic (exact) mass is 483 g/mol. The standard InChI is InChI=1S/C26H24F3N3O3/c27-26(28,29)35-24-9-8-18(17-5-3-4-16(10-17)15-33)12-22(24)25(34)32-20(13-30)11-19-14-31-23-7-2-1-6-21(19)23/h1-10,12,14,20,31,33H,11,13,15,30H2,(H,32,34). The zero-order valence-corrected chi connectivity index (χ0v) is 18.6. The fourth-order valence-electron chi connectivity index (χ4n) is 3.97. The highest BCUT2D eigenvalue weighted by Crippen LogP contribution is 2.31. The molecule has 6 nitrogen and oxygen atoms in total. The summed E-state index contributed by atoms with van der Waals surface area (Å²) in [7, 11) is 0. The zero-order valence-electron chi connectivity index (χ0n) is 18.6. The van der Waals surface area contributed by atoms with Crippen LogP contribution in [0.15, 0.2) is 72.9 Å². The lowest BCUT2D eigenvalue weighted by Gasteiger charge is -2.19. The summed E-state index contributed by atoms with van der Waals surface area (Å²) in [4.78, 5) is 16.3. The van der Waals surface area contributed by atoms with Crippen LogP contribution in [-0.2, 0) is 13.0 Å². The number of nitrogens with two attached hydrogens (primary N) is 1. The molecule has 0 radical (unpaired) electrons. The van der Waals surface area contributed by atoms with Gasteiger partial charge in [-0.05, 0) is 52.9 Å². The predicted molar refractivity (Wildman–Crippen MR) is 127 cm³/mol. The molecule has 1 unspecified atom stereocenters. The molecule has 0 saturated heterocycles. The summed E-state index contributed by atoms with van der Waals surface area (Å²) in [6.07, 6.45) is -2.75. The number of para-hydroxylation sites is 1. The molecule has 0 aliphatic rings. The van der Waals surface area contributed by atoms with Crippen molar-refractivity contribution in [1.29, 1.82) is 0 Å². The Hall–Kier alpha value is -3.82. The molecule has 35 heavy (non-hydrogen) atoms. The lowest BCUT2D eigenvalue weighted by Crippen LogP contribution is -2.42. The first kappa shape index (κ1) is 24.3. The van der Waals surface area contributed by atoms with Crippen LogP contribution in [0.25, 0.3) is 22.0 Å². The fraction of sp³-hybridized carbons (Fsp3) is 0.192. The number of aliphatic hydroxyl groups is 1. The van der Waals surface area contributed by atoms with Gasteiger partial charge in [0.2, 0.25) is 0 Å². The molecule has 4 aromatic rings. The lowest BCUT2D eigenvalue weighted by molar-refractivity contribution is -0.274. The van der Waals surface area contributed by atoms with Crippen LogP contribution in [0.2, 0.25) is 0 Å². The van der Waals surface area contributed by atoms with E-state index in [1.807, 2.05) is 30.5 Å². The first-order valence-electron chi connectivity index (χ1n) is 10.9. The number of rotatable bonds is 8. The first-order chi connectivity index (χ1) is 16.8. The smallest absolute Gasteiger partial charge is 0.405 e. The van der Waals surface area contributed by atoms with E-state index in [0.29, 0.717) is 23.1 Å². The van der Waals surface area contributed by atoms with E-state index in [2.05, 4.69) is 15.0 Å². The van der Waals surface area contributed by atoms with E-state index in [1.165, 1.54) is 12.1 Å². The quantitative estimate of drug-likeness (QED) is 0.296. The summed E-state index contributed by atoms with van der Waals surface area (Å²) in [5.41, 5.74) is 9.25. The molecule has 1 aromatic heterocycles. The van der Waals surface area contributed by atoms with E-state index in [-0.39, 0.29) is 18.7 Å². The highest BCUT2D eigenvalue weighted by molar-refractivity contribution is 5.98. The number of hydrogen-bond donors (Lipinski definition) is 4. The second kappa shape index (κ2) is 10.2. The Bertz CT molecular complexity index is 1330. The number of H-pyrrole nitrogens is 1. The molecule has 182 valence electrons. The number of benzene rings is 3. The highest BCUT2D eigenvalue weighted by Gasteiger charge is 2.33. The maximum atomic E-state index is 13.2. The molecule has 1 amide bonds. The SMILES string of the molecule is NCC(Cc1c[nH]c2ccccc12)NC(=O)c1cc(-c2cccc(CO)c2)ccc1OC(F)(F)F. The van der Waals surface area contributed by atoms with E-state index in [0.717, 1.165) is 22.5 Å². The summed E-state index contributed by atoms with van der Waals surface area (Å²) < 4.78 is 43.2. The summed E-state index contributed by atoms with van der Waals surface area (Å²) in [6.45, 7) is -0.110. The molecule has 3 aromatic carbocycles. The minimum atomic E-state index is -4.97. The van der Waals surface area contributed by atoms with Crippen molar-refractivity contribution in [1.82, 2.24) is 10.3 Å². The highest BCUT2D eigenvalue weighted by atomic mass is 19.4. The molecule has 1 heterocycles. The van der Waals surface area contributed by atoms with Crippen molar-refractivity contribution < 1.29 is 27.8 Å². The number of halogens is 3. The third kappa shape index (κ3) is 5.82. The Balaban J connectivity index is 1.63. The van der Waals surface area contributed by atoms with Crippen LogP contribution in [-0.4, -0.2) is 34.9 Å². The largest absolute Gasteiger partial charge is 0.573 e. The Labute approximate surface area is 199 Å². The van der Waals surface area contributed by atoms with E-state index in [9.17, 15) is 23.1 Å². The fourth-order valence-corrected chi connectivity index (χ4v) is 3.97. The number of ether oxygens (including phenoxy) is 1. The predicted octanol–water partition coefficient (Wildman–Crippen LogP) is 4.53. The second-order valence-electron chi connectivity index (χ2n) is 8.09. The van der Waals surface area contributed by atoms with Gasteiger partial charge in [-0.3, -0.25) is 4.79 Å². The average Bonchev–Trinajstić information content (AvgIpc) is 3.25. The molecule has 9 heteroatoms. The van der Waals surface area contributed by atoms with Crippen molar-refractivity contribution in [3.63, 3.8) is 0 Å².